The number of benzene rings is 1. The van der Waals surface area contributed by atoms with Crippen molar-refractivity contribution in [1.82, 2.24) is 0 Å². The van der Waals surface area contributed by atoms with E-state index < -0.39 is 0 Å². The van der Waals surface area contributed by atoms with Crippen LogP contribution in [0.2, 0.25) is 0 Å². The van der Waals surface area contributed by atoms with E-state index in [0.717, 1.165) is 23.0 Å². The van der Waals surface area contributed by atoms with Crippen molar-refractivity contribution in [2.45, 2.75) is 51.9 Å². The van der Waals surface area contributed by atoms with Gasteiger partial charge >= 0.3 is 0 Å². The number of carbonyl (C=O) groups excluding carboxylic acids is 2. The smallest absolute Gasteiger partial charge is 0.299 e. The molecule has 1 aliphatic heterocycles. The van der Waals surface area contributed by atoms with Crippen LogP contribution in [0.5, 0.6) is 0 Å². The predicted octanol–water partition coefficient (Wildman–Crippen LogP) is 4.73. The molecular formula is C17H22BrNO2. The van der Waals surface area contributed by atoms with Gasteiger partial charge in [-0.3, -0.25) is 9.59 Å². The van der Waals surface area contributed by atoms with Gasteiger partial charge in [0.1, 0.15) is 0 Å². The summed E-state index contributed by atoms with van der Waals surface area (Å²) < 4.78 is 0.821. The first kappa shape index (κ1) is 16.2. The van der Waals surface area contributed by atoms with Gasteiger partial charge in [0.2, 0.25) is 0 Å². The molecule has 0 spiro atoms. The summed E-state index contributed by atoms with van der Waals surface area (Å²) in [4.78, 5) is 25.7. The van der Waals surface area contributed by atoms with Crippen molar-refractivity contribution in [1.29, 1.82) is 0 Å². The number of rotatable bonds is 8. The van der Waals surface area contributed by atoms with E-state index in [9.17, 15) is 9.59 Å². The molecule has 1 aliphatic rings. The standard InChI is InChI=1S/C17H22BrNO2/c1-2-3-4-5-6-7-8-12-19-15-13(16(20)17(19)21)10-9-11-14(15)18/h9-11H,2-8,12H2,1H3. The number of hydrogen-bond donors (Lipinski definition) is 0. The molecule has 0 unspecified atom stereocenters. The van der Waals surface area contributed by atoms with Crippen LogP contribution in [-0.2, 0) is 4.79 Å². The van der Waals surface area contributed by atoms with Gasteiger partial charge in [0.25, 0.3) is 11.7 Å². The van der Waals surface area contributed by atoms with Gasteiger partial charge in [0.15, 0.2) is 0 Å². The fourth-order valence-corrected chi connectivity index (χ4v) is 3.33. The maximum Gasteiger partial charge on any atom is 0.299 e. The van der Waals surface area contributed by atoms with Crippen LogP contribution >= 0.6 is 15.9 Å². The molecule has 4 heteroatoms. The number of halogens is 1. The lowest BCUT2D eigenvalue weighted by Gasteiger charge is -2.17. The number of amides is 1. The quantitative estimate of drug-likeness (QED) is 0.501. The maximum atomic E-state index is 12.1. The molecule has 0 aromatic heterocycles. The first-order valence-corrected chi connectivity index (χ1v) is 8.60. The van der Waals surface area contributed by atoms with E-state index in [-0.39, 0.29) is 11.7 Å². The summed E-state index contributed by atoms with van der Waals surface area (Å²) in [6.45, 7) is 2.85. The number of Topliss-reactive ketones (excluding diaryl/α,β-unsaturated/α-hetero) is 1. The Morgan fingerprint density at radius 1 is 1.00 bits per heavy atom. The Labute approximate surface area is 134 Å². The number of fused-ring (bicyclic) bond motifs is 1. The molecule has 0 saturated heterocycles. The van der Waals surface area contributed by atoms with Crippen LogP contribution in [0.25, 0.3) is 0 Å². The summed E-state index contributed by atoms with van der Waals surface area (Å²) in [5.41, 5.74) is 1.27. The molecule has 0 bridgehead atoms. The number of anilines is 1. The number of ketones is 1. The second-order valence-corrected chi connectivity index (χ2v) is 6.40. The van der Waals surface area contributed by atoms with Crippen LogP contribution in [-0.4, -0.2) is 18.2 Å². The van der Waals surface area contributed by atoms with E-state index in [1.54, 1.807) is 17.0 Å². The first-order valence-electron chi connectivity index (χ1n) is 7.81. The Hall–Kier alpha value is -1.16. The van der Waals surface area contributed by atoms with Gasteiger partial charge in [0.05, 0.1) is 11.3 Å². The zero-order valence-corrected chi connectivity index (χ0v) is 14.1. The van der Waals surface area contributed by atoms with Gasteiger partial charge in [-0.2, -0.15) is 0 Å². The second kappa shape index (κ2) is 7.74. The molecule has 21 heavy (non-hydrogen) atoms. The van der Waals surface area contributed by atoms with Gasteiger partial charge in [-0.05, 0) is 34.5 Å². The normalized spacial score (nSPS) is 13.9. The minimum absolute atomic E-state index is 0.380. The summed E-state index contributed by atoms with van der Waals surface area (Å²) in [5.74, 6) is -0.767. The fraction of sp³-hybridized carbons (Fsp3) is 0.529. The third-order valence-corrected chi connectivity index (χ3v) is 4.57. The summed E-state index contributed by atoms with van der Waals surface area (Å²) in [6.07, 6.45) is 8.40. The summed E-state index contributed by atoms with van der Waals surface area (Å²) >= 11 is 3.45. The molecule has 2 rings (SSSR count). The van der Waals surface area contributed by atoms with Crippen molar-refractivity contribution in [3.05, 3.63) is 28.2 Å². The Morgan fingerprint density at radius 2 is 1.67 bits per heavy atom. The first-order chi connectivity index (χ1) is 10.2. The highest BCUT2D eigenvalue weighted by molar-refractivity contribution is 9.10. The van der Waals surface area contributed by atoms with E-state index in [2.05, 4.69) is 22.9 Å². The highest BCUT2D eigenvalue weighted by Gasteiger charge is 2.36. The van der Waals surface area contributed by atoms with E-state index in [0.29, 0.717) is 12.1 Å². The molecule has 0 aliphatic carbocycles. The lowest BCUT2D eigenvalue weighted by molar-refractivity contribution is -0.114. The summed E-state index contributed by atoms with van der Waals surface area (Å²) in [6, 6.07) is 5.40. The minimum atomic E-state index is -0.386. The van der Waals surface area contributed by atoms with Crippen molar-refractivity contribution < 1.29 is 9.59 Å². The van der Waals surface area contributed by atoms with Gasteiger partial charge in [-0.25, -0.2) is 0 Å². The largest absolute Gasteiger partial charge is 0.304 e. The SMILES string of the molecule is CCCCCCCCCN1C(=O)C(=O)c2cccc(Br)c21. The Kier molecular flexibility index (Phi) is 5.97. The van der Waals surface area contributed by atoms with Gasteiger partial charge < -0.3 is 4.90 Å². The lowest BCUT2D eigenvalue weighted by atomic mass is 10.1. The third-order valence-electron chi connectivity index (χ3n) is 3.93. The van der Waals surface area contributed by atoms with E-state index in [1.165, 1.54) is 32.1 Å². The molecule has 0 atom stereocenters. The second-order valence-electron chi connectivity index (χ2n) is 5.54. The summed E-state index contributed by atoms with van der Waals surface area (Å²) in [7, 11) is 0. The molecule has 1 aromatic rings. The number of para-hydroxylation sites is 1. The van der Waals surface area contributed by atoms with Crippen molar-refractivity contribution in [3.8, 4) is 0 Å². The van der Waals surface area contributed by atoms with Crippen LogP contribution in [0.3, 0.4) is 0 Å². The van der Waals surface area contributed by atoms with Crippen molar-refractivity contribution in [2.24, 2.45) is 0 Å². The molecule has 0 N–H and O–H groups in total. The molecular weight excluding hydrogens is 330 g/mol. The number of unbranched alkanes of at least 4 members (excludes halogenated alkanes) is 6. The highest BCUT2D eigenvalue weighted by atomic mass is 79.9. The Balaban J connectivity index is 1.87. The van der Waals surface area contributed by atoms with E-state index >= 15 is 0 Å². The molecule has 3 nitrogen and oxygen atoms in total. The Morgan fingerprint density at radius 3 is 2.38 bits per heavy atom. The van der Waals surface area contributed by atoms with Crippen molar-refractivity contribution >= 4 is 33.3 Å². The van der Waals surface area contributed by atoms with Crippen LogP contribution in [0.1, 0.15) is 62.2 Å². The molecule has 1 aromatic carbocycles. The highest BCUT2D eigenvalue weighted by Crippen LogP contribution is 2.36. The average Bonchev–Trinajstić information content (AvgIpc) is 2.72. The minimum Gasteiger partial charge on any atom is -0.304 e. The maximum absolute atomic E-state index is 12.1. The monoisotopic (exact) mass is 351 g/mol. The molecule has 1 heterocycles. The molecule has 0 radical (unpaired) electrons. The van der Waals surface area contributed by atoms with Crippen molar-refractivity contribution in [2.75, 3.05) is 11.4 Å². The van der Waals surface area contributed by atoms with E-state index in [1.807, 2.05) is 6.07 Å². The number of hydrogen-bond acceptors (Lipinski definition) is 2. The Bertz CT molecular complexity index is 528. The number of carbonyl (C=O) groups is 2. The van der Waals surface area contributed by atoms with E-state index in [4.69, 9.17) is 0 Å². The lowest BCUT2D eigenvalue weighted by Crippen LogP contribution is -2.30. The van der Waals surface area contributed by atoms with Crippen LogP contribution in [0.15, 0.2) is 22.7 Å². The molecule has 0 fully saturated rings. The van der Waals surface area contributed by atoms with Crippen LogP contribution < -0.4 is 4.90 Å². The predicted molar refractivity (Wildman–Crippen MR) is 88.8 cm³/mol. The molecule has 114 valence electrons. The van der Waals surface area contributed by atoms with Crippen LogP contribution in [0, 0.1) is 0 Å². The molecule has 0 saturated carbocycles. The van der Waals surface area contributed by atoms with Gasteiger partial charge in [-0.1, -0.05) is 51.5 Å². The fourth-order valence-electron chi connectivity index (χ4n) is 2.75. The number of nitrogens with zero attached hydrogens (tertiary/aromatic N) is 1. The van der Waals surface area contributed by atoms with Gasteiger partial charge in [0, 0.05) is 11.0 Å². The zero-order valence-electron chi connectivity index (χ0n) is 12.5. The zero-order chi connectivity index (χ0) is 15.2. The van der Waals surface area contributed by atoms with Gasteiger partial charge in [-0.15, -0.1) is 0 Å². The third kappa shape index (κ3) is 3.73. The topological polar surface area (TPSA) is 37.4 Å². The van der Waals surface area contributed by atoms with Crippen molar-refractivity contribution in [3.63, 3.8) is 0 Å². The molecule has 1 amide bonds. The van der Waals surface area contributed by atoms with Crippen LogP contribution in [0.4, 0.5) is 5.69 Å². The average molecular weight is 352 g/mol. The summed E-state index contributed by atoms with van der Waals surface area (Å²) in [5, 5.41) is 0.